The zero-order valence-corrected chi connectivity index (χ0v) is 38.4. The Morgan fingerprint density at radius 2 is 1.25 bits per heavy atom. The Balaban J connectivity index is 0.00000127. The minimum Gasteiger partial charge on any atom is -0.507 e. The first-order valence-corrected chi connectivity index (χ1v) is 21.7. The summed E-state index contributed by atoms with van der Waals surface area (Å²) < 4.78 is 2.65. The molecule has 5 rings (SSSR count). The third kappa shape index (κ3) is 15.3. The predicted molar refractivity (Wildman–Crippen MR) is 243 cm³/mol. The summed E-state index contributed by atoms with van der Waals surface area (Å²) in [5, 5.41) is 38.4. The molecule has 2 aromatic rings. The van der Waals surface area contributed by atoms with Crippen molar-refractivity contribution < 1.29 is 51.4 Å². The average molecular weight is 877 g/mol. The molecule has 0 spiro atoms. The molecule has 2 unspecified atom stereocenters. The fraction of sp³-hybridized carbons (Fsp3) is 0.653. The van der Waals surface area contributed by atoms with Crippen molar-refractivity contribution in [3.63, 3.8) is 0 Å². The van der Waals surface area contributed by atoms with Gasteiger partial charge in [-0.15, -0.1) is 0 Å². The van der Waals surface area contributed by atoms with Crippen LogP contribution in [0, 0.1) is 0 Å². The standard InChI is InChI=1S/C45H68N4O2.C3H4O4.CH4.Co/c1-43(2,3)35-26-32(18-14-16-23-49-25-17-24-48-22-15-10-11-21-40(48)49)41(50)33(27-35)30-46-38-19-12-13-20-39(38)47-31-34-28-36(44(4,5)6)29-37(42(34)51)45(7,8)9;4-2(5)1-3(6)7;;/h26-31,38-39H,10-25H2,1-9H3,(H-,46,47,50,51);1H2,(H,4,5)(H,6,7);1H4;/p+1. The largest absolute Gasteiger partial charge is 0.507 e. The summed E-state index contributed by atoms with van der Waals surface area (Å²) in [7, 11) is 0. The second-order valence-corrected chi connectivity index (χ2v) is 19.7. The van der Waals surface area contributed by atoms with Crippen LogP contribution in [-0.4, -0.2) is 98.4 Å². The van der Waals surface area contributed by atoms with Crippen molar-refractivity contribution in [1.29, 1.82) is 0 Å². The molecule has 337 valence electrons. The molecule has 2 atom stereocenters. The fourth-order valence-corrected chi connectivity index (χ4v) is 8.21. The number of phenolic OH excluding ortho intramolecular Hbond substituents is 2. The van der Waals surface area contributed by atoms with Gasteiger partial charge in [-0.05, 0) is 96.4 Å². The maximum atomic E-state index is 11.6. The smallest absolute Gasteiger partial charge is 0.314 e. The first-order chi connectivity index (χ1) is 27.1. The number of hydrogen-bond donors (Lipinski definition) is 4. The summed E-state index contributed by atoms with van der Waals surface area (Å²) in [6.45, 7) is 24.6. The van der Waals surface area contributed by atoms with Crippen molar-refractivity contribution >= 4 is 30.2 Å². The van der Waals surface area contributed by atoms with E-state index in [0.29, 0.717) is 11.5 Å². The molecule has 1 fully saturated rings. The molecular formula is C49H77CoN4O6+. The van der Waals surface area contributed by atoms with Crippen LogP contribution < -0.4 is 0 Å². The molecule has 3 aliphatic rings. The second kappa shape index (κ2) is 22.9. The van der Waals surface area contributed by atoms with Gasteiger partial charge in [-0.3, -0.25) is 29.0 Å². The number of carboxylic acids is 2. The van der Waals surface area contributed by atoms with Crippen molar-refractivity contribution in [2.24, 2.45) is 9.98 Å². The number of carboxylic acid groups (broad SMARTS) is 2. The first-order valence-electron chi connectivity index (χ1n) is 21.7. The van der Waals surface area contributed by atoms with E-state index < -0.39 is 18.4 Å². The number of aromatic hydroxyl groups is 2. The van der Waals surface area contributed by atoms with Crippen LogP contribution in [0.15, 0.2) is 34.3 Å². The fourth-order valence-electron chi connectivity index (χ4n) is 8.21. The number of aryl methyl sites for hydroxylation is 1. The van der Waals surface area contributed by atoms with Gasteiger partial charge in [0, 0.05) is 58.7 Å². The molecule has 0 saturated heterocycles. The predicted octanol–water partition coefficient (Wildman–Crippen LogP) is 10.0. The minimum absolute atomic E-state index is 0. The van der Waals surface area contributed by atoms with E-state index >= 15 is 0 Å². The van der Waals surface area contributed by atoms with Crippen LogP contribution in [0.25, 0.3) is 0 Å². The Labute approximate surface area is 371 Å². The van der Waals surface area contributed by atoms with Crippen molar-refractivity contribution in [1.82, 2.24) is 4.90 Å². The van der Waals surface area contributed by atoms with Gasteiger partial charge < -0.3 is 20.4 Å². The second-order valence-electron chi connectivity index (χ2n) is 19.7. The van der Waals surface area contributed by atoms with Crippen LogP contribution in [-0.2, 0) is 49.0 Å². The molecule has 60 heavy (non-hydrogen) atoms. The van der Waals surface area contributed by atoms with Crippen LogP contribution in [0.3, 0.4) is 0 Å². The average Bonchev–Trinajstić information content (AvgIpc) is 3.38. The Hall–Kier alpha value is -3.70. The molecular weight excluding hydrogens is 799 g/mol. The van der Waals surface area contributed by atoms with E-state index in [4.69, 9.17) is 20.2 Å². The molecule has 2 aliphatic heterocycles. The quantitative estimate of drug-likeness (QED) is 0.0761. The van der Waals surface area contributed by atoms with Gasteiger partial charge in [-0.25, -0.2) is 0 Å². The Morgan fingerprint density at radius 3 is 1.77 bits per heavy atom. The van der Waals surface area contributed by atoms with Gasteiger partial charge in [-0.2, -0.15) is 0 Å². The third-order valence-electron chi connectivity index (χ3n) is 11.7. The van der Waals surface area contributed by atoms with E-state index in [1.165, 1.54) is 62.9 Å². The number of benzene rings is 2. The van der Waals surface area contributed by atoms with Gasteiger partial charge in [0.05, 0.1) is 38.3 Å². The number of unbranched alkanes of at least 4 members (excludes halogenated alkanes) is 1. The summed E-state index contributed by atoms with van der Waals surface area (Å²) in [5.74, 6) is -0.332. The maximum Gasteiger partial charge on any atom is 0.314 e. The van der Waals surface area contributed by atoms with E-state index in [2.05, 4.69) is 96.1 Å². The summed E-state index contributed by atoms with van der Waals surface area (Å²) in [4.78, 5) is 31.8. The van der Waals surface area contributed by atoms with Crippen LogP contribution >= 0.6 is 0 Å². The van der Waals surface area contributed by atoms with Crippen molar-refractivity contribution in [3.05, 3.63) is 57.6 Å². The molecule has 0 amide bonds. The maximum absolute atomic E-state index is 11.6. The van der Waals surface area contributed by atoms with E-state index in [0.717, 1.165) is 73.7 Å². The molecule has 0 bridgehead atoms. The minimum atomic E-state index is -1.31. The van der Waals surface area contributed by atoms with Crippen LogP contribution in [0.4, 0.5) is 0 Å². The van der Waals surface area contributed by atoms with E-state index in [1.54, 1.807) is 5.84 Å². The number of aliphatic imine (C=N–C) groups is 2. The number of nitrogens with zero attached hydrogens (tertiary/aromatic N) is 4. The molecule has 11 heteroatoms. The van der Waals surface area contributed by atoms with Gasteiger partial charge in [0.15, 0.2) is 0 Å². The van der Waals surface area contributed by atoms with Crippen molar-refractivity contribution in [2.45, 2.75) is 182 Å². The van der Waals surface area contributed by atoms with E-state index in [9.17, 15) is 19.8 Å². The molecule has 2 heterocycles. The van der Waals surface area contributed by atoms with Gasteiger partial charge in [0.2, 0.25) is 5.84 Å². The number of aliphatic carboxylic acids is 2. The normalized spacial score (nSPS) is 18.9. The molecule has 1 saturated carbocycles. The van der Waals surface area contributed by atoms with Crippen molar-refractivity contribution in [3.8, 4) is 11.5 Å². The SMILES string of the molecule is C.CC(C)(C)c1cc(C=NC2CCCCC2N=Cc2cc(C(C)(C)C)cc(C(C)(C)C)c2O)c(O)c(CCCCN2CCC[N+]3=C2CCCCC3)c1.O=C(O)CC(=O)O.[Co]. The molecule has 1 aliphatic carbocycles. The van der Waals surface area contributed by atoms with Crippen LogP contribution in [0.1, 0.15) is 180 Å². The van der Waals surface area contributed by atoms with E-state index in [-0.39, 0.29) is 52.5 Å². The summed E-state index contributed by atoms with van der Waals surface area (Å²) in [5.41, 5.74) is 5.76. The molecule has 10 nitrogen and oxygen atoms in total. The van der Waals surface area contributed by atoms with Gasteiger partial charge >= 0.3 is 11.9 Å². The Kier molecular flexibility index (Phi) is 20.0. The molecule has 2 aromatic carbocycles. The Morgan fingerprint density at radius 1 is 0.717 bits per heavy atom. The topological polar surface area (TPSA) is 146 Å². The number of amidine groups is 1. The third-order valence-corrected chi connectivity index (χ3v) is 11.7. The summed E-state index contributed by atoms with van der Waals surface area (Å²) in [6.07, 6.45) is 16.8. The number of carbonyl (C=O) groups is 2. The monoisotopic (exact) mass is 877 g/mol. The summed E-state index contributed by atoms with van der Waals surface area (Å²) >= 11 is 0. The summed E-state index contributed by atoms with van der Waals surface area (Å²) in [6, 6.07) is 8.70. The van der Waals surface area contributed by atoms with Gasteiger partial charge in [-0.1, -0.05) is 94.7 Å². The number of hydrogen-bond acceptors (Lipinski definition) is 7. The molecule has 0 aromatic heterocycles. The van der Waals surface area contributed by atoms with Crippen molar-refractivity contribution in [2.75, 3.05) is 26.2 Å². The number of rotatable bonds is 11. The Bertz CT molecular complexity index is 1820. The molecule has 1 radical (unpaired) electrons. The van der Waals surface area contributed by atoms with E-state index in [1.807, 2.05) is 12.4 Å². The number of phenols is 2. The zero-order chi connectivity index (χ0) is 42.8. The van der Waals surface area contributed by atoms with Crippen LogP contribution in [0.5, 0.6) is 11.5 Å². The van der Waals surface area contributed by atoms with Gasteiger partial charge in [0.1, 0.15) is 17.9 Å². The van der Waals surface area contributed by atoms with Gasteiger partial charge in [0.25, 0.3) is 0 Å². The molecule has 4 N–H and O–H groups in total. The first kappa shape index (κ1) is 52.4. The van der Waals surface area contributed by atoms with Crippen LogP contribution in [0.2, 0.25) is 0 Å². The zero-order valence-electron chi connectivity index (χ0n) is 37.4.